The first-order valence-corrected chi connectivity index (χ1v) is 6.72. The van der Waals surface area contributed by atoms with E-state index in [-0.39, 0.29) is 17.9 Å². The van der Waals surface area contributed by atoms with E-state index in [1.807, 2.05) is 0 Å². The first-order chi connectivity index (χ1) is 9.95. The van der Waals surface area contributed by atoms with Crippen LogP contribution in [-0.4, -0.2) is 17.0 Å². The van der Waals surface area contributed by atoms with Gasteiger partial charge in [-0.3, -0.25) is 4.79 Å². The molecule has 0 spiro atoms. The molecule has 0 atom stereocenters. The maximum absolute atomic E-state index is 12.0. The van der Waals surface area contributed by atoms with Crippen LogP contribution in [0.15, 0.2) is 42.5 Å². The van der Waals surface area contributed by atoms with Gasteiger partial charge in [-0.25, -0.2) is 4.79 Å². The number of amides is 1. The predicted molar refractivity (Wildman–Crippen MR) is 81.9 cm³/mol. The summed E-state index contributed by atoms with van der Waals surface area (Å²) in [5.74, 6) is -1.36. The number of carboxylic acid groups (broad SMARTS) is 1. The van der Waals surface area contributed by atoms with Gasteiger partial charge in [-0.2, -0.15) is 0 Å². The maximum Gasteiger partial charge on any atom is 0.337 e. The fraction of sp³-hybridized carbons (Fsp3) is 0.125. The number of benzene rings is 2. The van der Waals surface area contributed by atoms with E-state index < -0.39 is 5.97 Å². The Bertz CT molecular complexity index is 698. The van der Waals surface area contributed by atoms with Crippen LogP contribution in [0.1, 0.15) is 21.5 Å². The molecule has 21 heavy (non-hydrogen) atoms. The van der Waals surface area contributed by atoms with Crippen LogP contribution in [0.4, 0.5) is 5.69 Å². The van der Waals surface area contributed by atoms with Crippen molar-refractivity contribution in [2.24, 2.45) is 0 Å². The van der Waals surface area contributed by atoms with Gasteiger partial charge in [-0.1, -0.05) is 35.4 Å². The third-order valence-corrected chi connectivity index (χ3v) is 3.17. The van der Waals surface area contributed by atoms with Crippen molar-refractivity contribution >= 4 is 29.2 Å². The predicted octanol–water partition coefficient (Wildman–Crippen LogP) is 3.53. The van der Waals surface area contributed by atoms with E-state index in [0.29, 0.717) is 10.7 Å². The van der Waals surface area contributed by atoms with Crippen LogP contribution < -0.4 is 5.32 Å². The van der Waals surface area contributed by atoms with Crippen molar-refractivity contribution in [3.8, 4) is 0 Å². The molecule has 0 bridgehead atoms. The number of carbonyl (C=O) groups excluding carboxylic acids is 1. The first-order valence-electron chi connectivity index (χ1n) is 6.34. The Kier molecular flexibility index (Phi) is 4.60. The van der Waals surface area contributed by atoms with E-state index in [1.165, 1.54) is 6.07 Å². The molecule has 0 aliphatic rings. The molecule has 0 aliphatic heterocycles. The van der Waals surface area contributed by atoms with Gasteiger partial charge in [0.05, 0.1) is 17.7 Å². The standard InChI is InChI=1S/C16H14ClNO3/c1-10-5-6-14(13(7-10)16(20)21)18-15(19)9-11-3-2-4-12(17)8-11/h2-8H,9H2,1H3,(H,18,19)(H,20,21). The van der Waals surface area contributed by atoms with E-state index in [4.69, 9.17) is 16.7 Å². The van der Waals surface area contributed by atoms with Crippen molar-refractivity contribution < 1.29 is 14.7 Å². The molecule has 2 aromatic rings. The number of hydrogen-bond acceptors (Lipinski definition) is 2. The van der Waals surface area contributed by atoms with E-state index in [9.17, 15) is 9.59 Å². The summed E-state index contributed by atoms with van der Waals surface area (Å²) in [4.78, 5) is 23.2. The van der Waals surface area contributed by atoms with Gasteiger partial charge in [-0.15, -0.1) is 0 Å². The lowest BCUT2D eigenvalue weighted by atomic mass is 10.1. The number of halogens is 1. The Labute approximate surface area is 127 Å². The summed E-state index contributed by atoms with van der Waals surface area (Å²) in [6.07, 6.45) is 0.132. The topological polar surface area (TPSA) is 66.4 Å². The molecule has 0 saturated carbocycles. The molecule has 0 unspecified atom stereocenters. The molecule has 2 rings (SSSR count). The number of aromatic carboxylic acids is 1. The van der Waals surface area contributed by atoms with Crippen LogP contribution in [0, 0.1) is 6.92 Å². The van der Waals surface area contributed by atoms with Crippen LogP contribution in [0.5, 0.6) is 0 Å². The van der Waals surface area contributed by atoms with E-state index in [0.717, 1.165) is 11.1 Å². The Morgan fingerprint density at radius 3 is 2.62 bits per heavy atom. The normalized spacial score (nSPS) is 10.2. The first kappa shape index (κ1) is 15.1. The third-order valence-electron chi connectivity index (χ3n) is 2.93. The summed E-state index contributed by atoms with van der Waals surface area (Å²) in [5.41, 5.74) is 1.96. The third kappa shape index (κ3) is 4.07. The zero-order chi connectivity index (χ0) is 15.4. The lowest BCUT2D eigenvalue weighted by Gasteiger charge is -2.09. The number of carboxylic acids is 1. The van der Waals surface area contributed by atoms with Crippen molar-refractivity contribution in [1.82, 2.24) is 0 Å². The second kappa shape index (κ2) is 6.41. The second-order valence-electron chi connectivity index (χ2n) is 4.71. The van der Waals surface area contributed by atoms with Crippen LogP contribution >= 0.6 is 11.6 Å². The number of anilines is 1. The van der Waals surface area contributed by atoms with E-state index in [1.54, 1.807) is 43.3 Å². The summed E-state index contributed by atoms with van der Waals surface area (Å²) in [5, 5.41) is 12.3. The van der Waals surface area contributed by atoms with Crippen LogP contribution in [0.3, 0.4) is 0 Å². The summed E-state index contributed by atoms with van der Waals surface area (Å²) >= 11 is 5.86. The van der Waals surface area contributed by atoms with Crippen molar-refractivity contribution in [2.75, 3.05) is 5.32 Å². The zero-order valence-electron chi connectivity index (χ0n) is 11.4. The summed E-state index contributed by atoms with van der Waals surface area (Å²) in [6.45, 7) is 1.80. The van der Waals surface area contributed by atoms with Gasteiger partial charge in [0.25, 0.3) is 0 Å². The molecule has 0 heterocycles. The minimum atomic E-state index is -1.07. The van der Waals surface area contributed by atoms with Crippen LogP contribution in [0.25, 0.3) is 0 Å². The van der Waals surface area contributed by atoms with Gasteiger partial charge in [0.15, 0.2) is 0 Å². The molecule has 2 N–H and O–H groups in total. The van der Waals surface area contributed by atoms with E-state index >= 15 is 0 Å². The minimum Gasteiger partial charge on any atom is -0.478 e. The van der Waals surface area contributed by atoms with Gasteiger partial charge >= 0.3 is 5.97 Å². The molecule has 0 fully saturated rings. The summed E-state index contributed by atoms with van der Waals surface area (Å²) in [6, 6.07) is 11.9. The molecular formula is C16H14ClNO3. The van der Waals surface area contributed by atoms with Crippen molar-refractivity contribution in [3.63, 3.8) is 0 Å². The van der Waals surface area contributed by atoms with Crippen molar-refractivity contribution in [3.05, 3.63) is 64.2 Å². The fourth-order valence-electron chi connectivity index (χ4n) is 1.97. The Morgan fingerprint density at radius 1 is 1.19 bits per heavy atom. The number of nitrogens with one attached hydrogen (secondary N) is 1. The fourth-order valence-corrected chi connectivity index (χ4v) is 2.18. The molecule has 2 aromatic carbocycles. The number of aryl methyl sites for hydroxylation is 1. The number of rotatable bonds is 4. The molecule has 0 aliphatic carbocycles. The zero-order valence-corrected chi connectivity index (χ0v) is 12.1. The second-order valence-corrected chi connectivity index (χ2v) is 5.15. The monoisotopic (exact) mass is 303 g/mol. The Balaban J connectivity index is 2.15. The highest BCUT2D eigenvalue weighted by atomic mass is 35.5. The van der Waals surface area contributed by atoms with Gasteiger partial charge in [0, 0.05) is 5.02 Å². The van der Waals surface area contributed by atoms with Crippen molar-refractivity contribution in [1.29, 1.82) is 0 Å². The average molecular weight is 304 g/mol. The molecule has 1 amide bonds. The highest BCUT2D eigenvalue weighted by molar-refractivity contribution is 6.30. The van der Waals surface area contributed by atoms with Gasteiger partial charge < -0.3 is 10.4 Å². The molecule has 0 aromatic heterocycles. The summed E-state index contributed by atoms with van der Waals surface area (Å²) in [7, 11) is 0. The van der Waals surface area contributed by atoms with Gasteiger partial charge in [0.2, 0.25) is 5.91 Å². The molecular weight excluding hydrogens is 290 g/mol. The smallest absolute Gasteiger partial charge is 0.337 e. The van der Waals surface area contributed by atoms with Gasteiger partial charge in [0.1, 0.15) is 0 Å². The summed E-state index contributed by atoms with van der Waals surface area (Å²) < 4.78 is 0. The lowest BCUT2D eigenvalue weighted by Crippen LogP contribution is -2.16. The quantitative estimate of drug-likeness (QED) is 0.908. The number of hydrogen-bond donors (Lipinski definition) is 2. The van der Waals surface area contributed by atoms with Crippen molar-refractivity contribution in [2.45, 2.75) is 13.3 Å². The van der Waals surface area contributed by atoms with Crippen LogP contribution in [-0.2, 0) is 11.2 Å². The minimum absolute atomic E-state index is 0.0782. The molecule has 0 saturated heterocycles. The van der Waals surface area contributed by atoms with Crippen LogP contribution in [0.2, 0.25) is 5.02 Å². The molecule has 108 valence electrons. The highest BCUT2D eigenvalue weighted by Gasteiger charge is 2.13. The molecule has 5 heteroatoms. The Morgan fingerprint density at radius 2 is 1.95 bits per heavy atom. The highest BCUT2D eigenvalue weighted by Crippen LogP contribution is 2.18. The van der Waals surface area contributed by atoms with Gasteiger partial charge in [-0.05, 0) is 36.8 Å². The Hall–Kier alpha value is -2.33. The molecule has 0 radical (unpaired) electrons. The average Bonchev–Trinajstić information content (AvgIpc) is 2.40. The molecule has 4 nitrogen and oxygen atoms in total. The maximum atomic E-state index is 12.0. The SMILES string of the molecule is Cc1ccc(NC(=O)Cc2cccc(Cl)c2)c(C(=O)O)c1. The number of carbonyl (C=O) groups is 2. The lowest BCUT2D eigenvalue weighted by molar-refractivity contribution is -0.115. The largest absolute Gasteiger partial charge is 0.478 e. The van der Waals surface area contributed by atoms with E-state index in [2.05, 4.69) is 5.32 Å².